The molecule has 0 aliphatic carbocycles. The molecule has 0 aromatic rings. The van der Waals surface area contributed by atoms with Crippen molar-refractivity contribution >= 4 is 16.3 Å². The van der Waals surface area contributed by atoms with Crippen molar-refractivity contribution in [3.63, 3.8) is 0 Å². The van der Waals surface area contributed by atoms with Gasteiger partial charge in [0, 0.05) is 7.11 Å². The minimum absolute atomic E-state index is 0. The minimum atomic E-state index is -5.05. The summed E-state index contributed by atoms with van der Waals surface area (Å²) in [5.74, 6) is -0.782. The molecule has 0 saturated carbocycles. The summed E-state index contributed by atoms with van der Waals surface area (Å²) in [6.07, 6.45) is -23.3. The Kier molecular flexibility index (Phi) is 14.4. The molecule has 42 heavy (non-hydrogen) atoms. The molecular weight excluding hydrogens is 609 g/mol. The van der Waals surface area contributed by atoms with Crippen LogP contribution in [0.4, 0.5) is 0 Å². The molecule has 3 aliphatic heterocycles. The second-order valence-corrected chi connectivity index (χ2v) is 10.8. The van der Waals surface area contributed by atoms with Crippen LogP contribution in [0, 0.1) is 0 Å². The molecular formula is C21H36NNaO18S. The van der Waals surface area contributed by atoms with Crippen LogP contribution in [0.25, 0.3) is 0 Å². The largest absolute Gasteiger partial charge is 1.00 e. The van der Waals surface area contributed by atoms with Crippen molar-refractivity contribution in [1.82, 2.24) is 0 Å². The van der Waals surface area contributed by atoms with Crippen LogP contribution >= 0.6 is 0 Å². The van der Waals surface area contributed by atoms with Crippen molar-refractivity contribution in [1.29, 1.82) is 0 Å². The monoisotopic (exact) mass is 645 g/mol. The first-order valence-electron chi connectivity index (χ1n) is 12.4. The Labute approximate surface area is 262 Å². The molecule has 19 nitrogen and oxygen atoms in total. The molecule has 0 aromatic carbocycles. The maximum absolute atomic E-state index is 12.1. The summed E-state index contributed by atoms with van der Waals surface area (Å²) in [4.78, 5) is 3.89. The van der Waals surface area contributed by atoms with E-state index in [0.717, 1.165) is 14.0 Å². The first kappa shape index (κ1) is 38.0. The summed E-state index contributed by atoms with van der Waals surface area (Å²) in [5, 5.41) is 83.3. The second kappa shape index (κ2) is 15.9. The van der Waals surface area contributed by atoms with Crippen molar-refractivity contribution in [2.24, 2.45) is 4.99 Å². The molecule has 21 heteroatoms. The van der Waals surface area contributed by atoms with Gasteiger partial charge in [0.2, 0.25) is 0 Å². The predicted octanol–water partition coefficient (Wildman–Crippen LogP) is -9.27. The molecule has 3 saturated heterocycles. The van der Waals surface area contributed by atoms with E-state index < -0.39 is 122 Å². The van der Waals surface area contributed by atoms with Gasteiger partial charge in [0.05, 0.1) is 19.3 Å². The molecule has 0 radical (unpaired) electrons. The van der Waals surface area contributed by atoms with E-state index in [9.17, 15) is 49.3 Å². The van der Waals surface area contributed by atoms with Crippen molar-refractivity contribution in [3.8, 4) is 0 Å². The summed E-state index contributed by atoms with van der Waals surface area (Å²) in [7, 11) is -3.92. The number of nitrogens with zero attached hydrogens (tertiary/aromatic N) is 1. The summed E-state index contributed by atoms with van der Waals surface area (Å²) >= 11 is 0. The molecule has 3 rings (SSSR count). The fourth-order valence-corrected chi connectivity index (χ4v) is 4.96. The van der Waals surface area contributed by atoms with E-state index >= 15 is 0 Å². The Morgan fingerprint density at radius 2 is 1.36 bits per heavy atom. The molecule has 0 spiro atoms. The van der Waals surface area contributed by atoms with E-state index in [1.54, 1.807) is 0 Å². The van der Waals surface area contributed by atoms with Crippen LogP contribution in [-0.2, 0) is 43.0 Å². The Balaban J connectivity index is 0.00000616. The first-order valence-corrected chi connectivity index (χ1v) is 13.8. The molecule has 15 atom stereocenters. The number of hydrogen-bond acceptors (Lipinski definition) is 18. The third-order valence-corrected chi connectivity index (χ3v) is 7.23. The van der Waals surface area contributed by atoms with Gasteiger partial charge < -0.3 is 69.3 Å². The SMILES string of the molecule is CO[C@@H]1O[C@H](COS(=O)(=O)O)[C@@H](OC2O[C@@H](C)[C@@H](O)[C@@H](O)[C@@H]2O)[C@H](O[C@@H]2O[C@H](CO)[C@H](O)[C@H](O)[C@H]2O)[C@H]1N=C(C)[O-].[Na+]. The zero-order valence-electron chi connectivity index (χ0n) is 23.1. The molecule has 3 fully saturated rings. The fraction of sp³-hybridized carbons (Fsp3) is 0.952. The Bertz CT molecular complexity index is 986. The number of methoxy groups -OCH3 is 1. The Morgan fingerprint density at radius 1 is 0.833 bits per heavy atom. The number of ether oxygens (including phenoxy) is 6. The van der Waals surface area contributed by atoms with Gasteiger partial charge in [-0.2, -0.15) is 8.42 Å². The van der Waals surface area contributed by atoms with Crippen LogP contribution < -0.4 is 34.7 Å². The van der Waals surface area contributed by atoms with Crippen LogP contribution in [-0.4, -0.2) is 167 Å². The number of aliphatic imine (C=N–C) groups is 1. The summed E-state index contributed by atoms with van der Waals surface area (Å²) in [6, 6.07) is -1.48. The van der Waals surface area contributed by atoms with Gasteiger partial charge in [0.1, 0.15) is 67.1 Å². The summed E-state index contributed by atoms with van der Waals surface area (Å²) < 4.78 is 69.7. The maximum Gasteiger partial charge on any atom is 1.00 e. The van der Waals surface area contributed by atoms with Crippen LogP contribution in [0.2, 0.25) is 0 Å². The second-order valence-electron chi connectivity index (χ2n) is 9.71. The summed E-state index contributed by atoms with van der Waals surface area (Å²) in [6.45, 7) is 0.622. The van der Waals surface area contributed by atoms with E-state index in [0.29, 0.717) is 0 Å². The Hall–Kier alpha value is -0.180. The standard InChI is InChI=1S/C21H37NO18S.Na/c1-6-11(25)13(27)15(29)20(36-6)39-17-9(5-35-41(31,32)33)38-19(34-3)10(22-7(2)24)18(17)40-21-16(30)14(28)12(26)8(4-23)37-21;/h6,8-21,23,25-30H,4-5H2,1-3H3,(H,22,24)(H,31,32,33);/q;+1/p-1/t6-,8+,9+,10+,11+,12-,13+,14-,15-,16+,17+,18+,19+,20?,21-;/m0./s1. The average molecular weight is 646 g/mol. The fourth-order valence-electron chi connectivity index (χ4n) is 4.66. The molecule has 3 heterocycles. The number of hydrogen-bond donors (Lipinski definition) is 8. The average Bonchev–Trinajstić information content (AvgIpc) is 2.90. The number of aliphatic hydroxyl groups is 7. The van der Waals surface area contributed by atoms with Crippen LogP contribution in [0.3, 0.4) is 0 Å². The third kappa shape index (κ3) is 8.96. The predicted molar refractivity (Wildman–Crippen MR) is 126 cm³/mol. The van der Waals surface area contributed by atoms with E-state index in [1.807, 2.05) is 0 Å². The van der Waals surface area contributed by atoms with Gasteiger partial charge in [-0.25, -0.2) is 4.18 Å². The van der Waals surface area contributed by atoms with Crippen molar-refractivity contribution in [2.75, 3.05) is 20.3 Å². The maximum atomic E-state index is 12.1. The van der Waals surface area contributed by atoms with Crippen molar-refractivity contribution in [2.45, 2.75) is 106 Å². The van der Waals surface area contributed by atoms with Crippen LogP contribution in [0.15, 0.2) is 4.99 Å². The molecule has 0 aromatic heterocycles. The minimum Gasteiger partial charge on any atom is -0.862 e. The zero-order chi connectivity index (χ0) is 30.8. The van der Waals surface area contributed by atoms with Crippen LogP contribution in [0.1, 0.15) is 13.8 Å². The molecule has 240 valence electrons. The van der Waals surface area contributed by atoms with E-state index in [-0.39, 0.29) is 29.6 Å². The molecule has 8 N–H and O–H groups in total. The number of rotatable bonds is 10. The molecule has 0 amide bonds. The zero-order valence-corrected chi connectivity index (χ0v) is 25.9. The quantitative estimate of drug-likeness (QED) is 0.0473. The van der Waals surface area contributed by atoms with E-state index in [4.69, 9.17) is 33.0 Å². The van der Waals surface area contributed by atoms with Crippen molar-refractivity contribution < 1.29 is 116 Å². The summed E-state index contributed by atoms with van der Waals surface area (Å²) in [5.41, 5.74) is 0. The van der Waals surface area contributed by atoms with Crippen LogP contribution in [0.5, 0.6) is 0 Å². The van der Waals surface area contributed by atoms with E-state index in [1.165, 1.54) is 6.92 Å². The van der Waals surface area contributed by atoms with Gasteiger partial charge in [0.15, 0.2) is 18.9 Å². The third-order valence-electron chi connectivity index (χ3n) is 6.80. The Morgan fingerprint density at radius 3 is 1.88 bits per heavy atom. The smallest absolute Gasteiger partial charge is 0.862 e. The topological polar surface area (TPSA) is 296 Å². The van der Waals surface area contributed by atoms with Gasteiger partial charge in [-0.15, -0.1) is 0 Å². The van der Waals surface area contributed by atoms with Gasteiger partial charge in [-0.05, 0) is 19.7 Å². The molecule has 0 bridgehead atoms. The van der Waals surface area contributed by atoms with Gasteiger partial charge in [-0.3, -0.25) is 9.55 Å². The first-order chi connectivity index (χ1) is 19.1. The normalized spacial score (nSPS) is 45.3. The molecule has 3 aliphatic rings. The van der Waals surface area contributed by atoms with Gasteiger partial charge in [0.25, 0.3) is 0 Å². The van der Waals surface area contributed by atoms with Crippen molar-refractivity contribution in [3.05, 3.63) is 0 Å². The van der Waals surface area contributed by atoms with Gasteiger partial charge in [-0.1, -0.05) is 0 Å². The van der Waals surface area contributed by atoms with E-state index in [2.05, 4.69) is 9.18 Å². The van der Waals surface area contributed by atoms with Gasteiger partial charge >= 0.3 is 40.0 Å². The number of aliphatic hydroxyl groups excluding tert-OH is 7. The molecule has 1 unspecified atom stereocenters.